The summed E-state index contributed by atoms with van der Waals surface area (Å²) in [5.74, 6) is 0. The Morgan fingerprint density at radius 2 is 1.52 bits per heavy atom. The van der Waals surface area contributed by atoms with E-state index in [2.05, 4.69) is 15.2 Å². The van der Waals surface area contributed by atoms with Crippen molar-refractivity contribution in [1.29, 1.82) is 0 Å². The van der Waals surface area contributed by atoms with Gasteiger partial charge in [0.2, 0.25) is 0 Å². The SMILES string of the molecule is CC(C)NC(=O)OCc1c(COC(=O)NC(C)C)c(-c2ccc(Cl)cc2)n2c1CCC2. The molecular formula is C23H30ClN3O4. The molecule has 31 heavy (non-hydrogen) atoms. The summed E-state index contributed by atoms with van der Waals surface area (Å²) in [7, 11) is 0. The number of aromatic nitrogens is 1. The van der Waals surface area contributed by atoms with Crippen LogP contribution in [0.1, 0.15) is 50.9 Å². The molecule has 0 spiro atoms. The molecule has 1 aliphatic rings. The Balaban J connectivity index is 1.95. The van der Waals surface area contributed by atoms with Crippen molar-refractivity contribution in [3.63, 3.8) is 0 Å². The van der Waals surface area contributed by atoms with Gasteiger partial charge in [0.05, 0.1) is 5.69 Å². The zero-order valence-corrected chi connectivity index (χ0v) is 19.2. The predicted octanol–water partition coefficient (Wildman–Crippen LogP) is 5.02. The van der Waals surface area contributed by atoms with Crippen LogP contribution in [0, 0.1) is 0 Å². The van der Waals surface area contributed by atoms with Crippen LogP contribution in [0.5, 0.6) is 0 Å². The quantitative estimate of drug-likeness (QED) is 0.624. The van der Waals surface area contributed by atoms with Crippen molar-refractivity contribution < 1.29 is 19.1 Å². The lowest BCUT2D eigenvalue weighted by atomic mass is 10.0. The predicted molar refractivity (Wildman–Crippen MR) is 120 cm³/mol. The molecule has 0 atom stereocenters. The van der Waals surface area contributed by atoms with E-state index in [1.807, 2.05) is 52.0 Å². The molecule has 2 N–H and O–H groups in total. The molecular weight excluding hydrogens is 418 g/mol. The standard InChI is InChI=1S/C23H30ClN3O4/c1-14(2)25-22(28)30-12-18-19(13-31-23(29)26-15(3)4)21(27-11-5-6-20(18)27)16-7-9-17(24)10-8-16/h7-10,14-15H,5-6,11-13H2,1-4H3,(H,25,28)(H,26,29). The van der Waals surface area contributed by atoms with Crippen molar-refractivity contribution in [3.8, 4) is 11.3 Å². The summed E-state index contributed by atoms with van der Waals surface area (Å²) in [6.45, 7) is 8.56. The van der Waals surface area contributed by atoms with Crippen molar-refractivity contribution in [2.45, 2.75) is 72.4 Å². The summed E-state index contributed by atoms with van der Waals surface area (Å²) >= 11 is 6.09. The summed E-state index contributed by atoms with van der Waals surface area (Å²) in [5, 5.41) is 6.13. The van der Waals surface area contributed by atoms with Crippen LogP contribution < -0.4 is 10.6 Å². The van der Waals surface area contributed by atoms with Gasteiger partial charge in [-0.15, -0.1) is 0 Å². The second-order valence-corrected chi connectivity index (χ2v) is 8.70. The van der Waals surface area contributed by atoms with Gasteiger partial charge < -0.3 is 24.7 Å². The first-order valence-corrected chi connectivity index (χ1v) is 11.0. The molecule has 0 saturated heterocycles. The fourth-order valence-corrected chi connectivity index (χ4v) is 3.93. The number of nitrogens with zero attached hydrogens (tertiary/aromatic N) is 1. The average Bonchev–Trinajstić information content (AvgIpc) is 3.25. The fraction of sp³-hybridized carbons (Fsp3) is 0.478. The number of alkyl carbamates (subject to hydrolysis) is 2. The third-order valence-electron chi connectivity index (χ3n) is 5.02. The van der Waals surface area contributed by atoms with Gasteiger partial charge in [-0.25, -0.2) is 9.59 Å². The Labute approximate surface area is 188 Å². The molecule has 1 aromatic carbocycles. The molecule has 0 radical (unpaired) electrons. The van der Waals surface area contributed by atoms with E-state index in [1.54, 1.807) is 0 Å². The van der Waals surface area contributed by atoms with Gasteiger partial charge in [0.1, 0.15) is 13.2 Å². The average molecular weight is 448 g/mol. The first kappa shape index (κ1) is 23.0. The molecule has 168 valence electrons. The number of hydrogen-bond acceptors (Lipinski definition) is 4. The Hall–Kier alpha value is -2.67. The van der Waals surface area contributed by atoms with Gasteiger partial charge in [-0.1, -0.05) is 23.7 Å². The van der Waals surface area contributed by atoms with Gasteiger partial charge >= 0.3 is 12.2 Å². The molecule has 8 heteroatoms. The highest BCUT2D eigenvalue weighted by Crippen LogP contribution is 2.37. The van der Waals surface area contributed by atoms with E-state index in [0.29, 0.717) is 5.02 Å². The number of fused-ring (bicyclic) bond motifs is 1. The van der Waals surface area contributed by atoms with Crippen molar-refractivity contribution in [1.82, 2.24) is 15.2 Å². The van der Waals surface area contributed by atoms with Gasteiger partial charge in [0, 0.05) is 40.5 Å². The number of rotatable bonds is 7. The zero-order chi connectivity index (χ0) is 22.5. The van der Waals surface area contributed by atoms with E-state index in [4.69, 9.17) is 21.1 Å². The van der Waals surface area contributed by atoms with E-state index < -0.39 is 12.2 Å². The van der Waals surface area contributed by atoms with E-state index in [0.717, 1.165) is 47.5 Å². The molecule has 0 aliphatic carbocycles. The summed E-state index contributed by atoms with van der Waals surface area (Å²) < 4.78 is 13.3. The lowest BCUT2D eigenvalue weighted by Gasteiger charge is -2.14. The lowest BCUT2D eigenvalue weighted by molar-refractivity contribution is 0.129. The lowest BCUT2D eigenvalue weighted by Crippen LogP contribution is -2.31. The van der Waals surface area contributed by atoms with Gasteiger partial charge in [-0.2, -0.15) is 0 Å². The van der Waals surface area contributed by atoms with Gasteiger partial charge in [0.15, 0.2) is 0 Å². The number of benzene rings is 1. The minimum atomic E-state index is -0.479. The maximum Gasteiger partial charge on any atom is 0.407 e. The smallest absolute Gasteiger partial charge is 0.407 e. The monoisotopic (exact) mass is 447 g/mol. The van der Waals surface area contributed by atoms with Gasteiger partial charge in [-0.3, -0.25) is 0 Å². The van der Waals surface area contributed by atoms with E-state index in [9.17, 15) is 9.59 Å². The first-order chi connectivity index (χ1) is 14.8. The normalized spacial score (nSPS) is 12.7. The van der Waals surface area contributed by atoms with Crippen LogP contribution in [0.3, 0.4) is 0 Å². The van der Waals surface area contributed by atoms with E-state index in [1.165, 1.54) is 0 Å². The molecule has 0 unspecified atom stereocenters. The van der Waals surface area contributed by atoms with Crippen LogP contribution in [0.15, 0.2) is 24.3 Å². The van der Waals surface area contributed by atoms with Gasteiger partial charge in [0.25, 0.3) is 0 Å². The van der Waals surface area contributed by atoms with Crippen LogP contribution in [0.25, 0.3) is 11.3 Å². The molecule has 1 aromatic heterocycles. The third-order valence-corrected chi connectivity index (χ3v) is 5.27. The van der Waals surface area contributed by atoms with E-state index >= 15 is 0 Å². The highest BCUT2D eigenvalue weighted by molar-refractivity contribution is 6.30. The third kappa shape index (κ3) is 5.73. The van der Waals surface area contributed by atoms with Crippen LogP contribution in [0.4, 0.5) is 9.59 Å². The number of amides is 2. The van der Waals surface area contributed by atoms with Crippen LogP contribution in [0.2, 0.25) is 5.02 Å². The van der Waals surface area contributed by atoms with Crippen molar-refractivity contribution in [2.24, 2.45) is 0 Å². The Kier molecular flexibility index (Phi) is 7.49. The van der Waals surface area contributed by atoms with E-state index in [-0.39, 0.29) is 25.3 Å². The highest BCUT2D eigenvalue weighted by atomic mass is 35.5. The van der Waals surface area contributed by atoms with Crippen molar-refractivity contribution in [3.05, 3.63) is 46.1 Å². The Morgan fingerprint density at radius 3 is 2.06 bits per heavy atom. The Bertz CT molecular complexity index is 935. The van der Waals surface area contributed by atoms with Crippen LogP contribution >= 0.6 is 11.6 Å². The summed E-state index contributed by atoms with van der Waals surface area (Å²) in [4.78, 5) is 24.2. The number of carbonyl (C=O) groups excluding carboxylic acids is 2. The molecule has 2 amide bonds. The molecule has 1 aliphatic heterocycles. The second kappa shape index (κ2) is 10.1. The number of nitrogens with one attached hydrogen (secondary N) is 2. The largest absolute Gasteiger partial charge is 0.445 e. The summed E-state index contributed by atoms with van der Waals surface area (Å²) in [6, 6.07) is 7.56. The topological polar surface area (TPSA) is 81.6 Å². The zero-order valence-electron chi connectivity index (χ0n) is 18.5. The number of ether oxygens (including phenoxy) is 2. The van der Waals surface area contributed by atoms with Crippen molar-refractivity contribution >= 4 is 23.8 Å². The minimum absolute atomic E-state index is 0.0144. The molecule has 0 fully saturated rings. The molecule has 0 saturated carbocycles. The maximum absolute atomic E-state index is 12.1. The van der Waals surface area contributed by atoms with Gasteiger partial charge in [-0.05, 0) is 58.2 Å². The number of hydrogen-bond donors (Lipinski definition) is 2. The molecule has 2 aromatic rings. The first-order valence-electron chi connectivity index (χ1n) is 10.6. The summed E-state index contributed by atoms with van der Waals surface area (Å²) in [6.07, 6.45) is 0.942. The number of carbonyl (C=O) groups is 2. The second-order valence-electron chi connectivity index (χ2n) is 8.26. The fourth-order valence-electron chi connectivity index (χ4n) is 3.81. The van der Waals surface area contributed by atoms with Crippen LogP contribution in [-0.4, -0.2) is 28.8 Å². The van der Waals surface area contributed by atoms with Crippen molar-refractivity contribution in [2.75, 3.05) is 0 Å². The van der Waals surface area contributed by atoms with Crippen LogP contribution in [-0.2, 0) is 35.7 Å². The highest BCUT2D eigenvalue weighted by Gasteiger charge is 2.28. The Morgan fingerprint density at radius 1 is 0.968 bits per heavy atom. The molecule has 3 rings (SSSR count). The maximum atomic E-state index is 12.1. The minimum Gasteiger partial charge on any atom is -0.445 e. The molecule has 7 nitrogen and oxygen atoms in total. The molecule has 0 bridgehead atoms. The molecule has 2 heterocycles. The number of halogens is 1. The summed E-state index contributed by atoms with van der Waals surface area (Å²) in [5.41, 5.74) is 4.83.